The molecule has 0 spiro atoms. The van der Waals surface area contributed by atoms with Crippen molar-refractivity contribution in [2.45, 2.75) is 32.2 Å². The zero-order chi connectivity index (χ0) is 16.3. The summed E-state index contributed by atoms with van der Waals surface area (Å²) in [7, 11) is 1.75. The molecule has 1 atom stereocenters. The Bertz CT molecular complexity index is 642. The van der Waals surface area contributed by atoms with Crippen molar-refractivity contribution < 1.29 is 9.90 Å². The van der Waals surface area contributed by atoms with E-state index >= 15 is 0 Å². The fourth-order valence-electron chi connectivity index (χ4n) is 2.20. The van der Waals surface area contributed by atoms with Gasteiger partial charge >= 0.3 is 0 Å². The van der Waals surface area contributed by atoms with E-state index in [2.05, 4.69) is 31.2 Å². The van der Waals surface area contributed by atoms with E-state index < -0.39 is 6.04 Å². The van der Waals surface area contributed by atoms with Gasteiger partial charge in [-0.05, 0) is 11.6 Å². The van der Waals surface area contributed by atoms with Crippen LogP contribution in [0.25, 0.3) is 0 Å². The zero-order valence-corrected chi connectivity index (χ0v) is 13.5. The number of carbonyl (C=O) groups excluding carboxylic acids is 1. The van der Waals surface area contributed by atoms with Crippen LogP contribution in [0.2, 0.25) is 0 Å². The second-order valence-electron chi connectivity index (χ2n) is 6.41. The molecule has 1 amide bonds. The van der Waals surface area contributed by atoms with Gasteiger partial charge in [-0.15, -0.1) is 0 Å². The second-order valence-corrected chi connectivity index (χ2v) is 6.41. The van der Waals surface area contributed by atoms with Crippen LogP contribution in [0.1, 0.15) is 48.6 Å². The molecule has 0 fully saturated rings. The summed E-state index contributed by atoms with van der Waals surface area (Å²) in [6, 6.07) is 10.8. The molecular formula is C17H23N3O2. The average Bonchev–Trinajstić information content (AvgIpc) is 2.87. The number of benzene rings is 1. The third-order valence-corrected chi connectivity index (χ3v) is 3.57. The van der Waals surface area contributed by atoms with E-state index in [4.69, 9.17) is 0 Å². The Morgan fingerprint density at radius 1 is 1.32 bits per heavy atom. The molecular weight excluding hydrogens is 278 g/mol. The molecule has 2 N–H and O–H groups in total. The third-order valence-electron chi connectivity index (χ3n) is 3.57. The number of amides is 1. The quantitative estimate of drug-likeness (QED) is 0.909. The van der Waals surface area contributed by atoms with E-state index in [9.17, 15) is 9.90 Å². The molecule has 5 nitrogen and oxygen atoms in total. The van der Waals surface area contributed by atoms with Crippen LogP contribution in [-0.2, 0) is 12.5 Å². The van der Waals surface area contributed by atoms with Crippen LogP contribution in [0.4, 0.5) is 0 Å². The Morgan fingerprint density at radius 3 is 2.45 bits per heavy atom. The number of nitrogens with one attached hydrogen (secondary N) is 1. The molecule has 0 aliphatic rings. The number of nitrogens with zero attached hydrogens (tertiary/aromatic N) is 2. The molecule has 118 valence electrons. The molecule has 2 rings (SSSR count). The van der Waals surface area contributed by atoms with Gasteiger partial charge in [-0.2, -0.15) is 5.10 Å². The van der Waals surface area contributed by atoms with Crippen molar-refractivity contribution in [1.82, 2.24) is 15.1 Å². The summed E-state index contributed by atoms with van der Waals surface area (Å²) >= 11 is 0. The molecule has 5 heteroatoms. The fraction of sp³-hybridized carbons (Fsp3) is 0.412. The first kappa shape index (κ1) is 16.2. The highest BCUT2D eigenvalue weighted by atomic mass is 16.3. The van der Waals surface area contributed by atoms with Crippen LogP contribution in [-0.4, -0.2) is 27.4 Å². The number of aryl methyl sites for hydroxylation is 1. The van der Waals surface area contributed by atoms with Crippen LogP contribution in [0.15, 0.2) is 36.4 Å². The van der Waals surface area contributed by atoms with E-state index in [0.717, 1.165) is 11.3 Å². The first-order valence-electron chi connectivity index (χ1n) is 7.34. The zero-order valence-electron chi connectivity index (χ0n) is 13.5. The molecule has 0 aliphatic carbocycles. The molecule has 1 aromatic carbocycles. The average molecular weight is 301 g/mol. The maximum Gasteiger partial charge on any atom is 0.270 e. The lowest BCUT2D eigenvalue weighted by molar-refractivity contribution is 0.0906. The van der Waals surface area contributed by atoms with Crippen molar-refractivity contribution in [3.8, 4) is 0 Å². The lowest BCUT2D eigenvalue weighted by Crippen LogP contribution is -2.32. The molecule has 2 aromatic rings. The first-order chi connectivity index (χ1) is 10.3. The van der Waals surface area contributed by atoms with Gasteiger partial charge in [-0.25, -0.2) is 0 Å². The summed E-state index contributed by atoms with van der Waals surface area (Å²) in [5.74, 6) is -0.242. The normalized spacial score (nSPS) is 13.0. The minimum Gasteiger partial charge on any atom is -0.394 e. The van der Waals surface area contributed by atoms with E-state index in [-0.39, 0.29) is 17.9 Å². The maximum atomic E-state index is 12.5. The third kappa shape index (κ3) is 3.54. The second kappa shape index (κ2) is 6.32. The van der Waals surface area contributed by atoms with Crippen molar-refractivity contribution >= 4 is 5.91 Å². The van der Waals surface area contributed by atoms with Crippen molar-refractivity contribution in [2.24, 2.45) is 7.05 Å². The van der Waals surface area contributed by atoms with Crippen molar-refractivity contribution in [1.29, 1.82) is 0 Å². The van der Waals surface area contributed by atoms with Crippen molar-refractivity contribution in [3.63, 3.8) is 0 Å². The van der Waals surface area contributed by atoms with Gasteiger partial charge in [0.1, 0.15) is 5.69 Å². The van der Waals surface area contributed by atoms with Gasteiger partial charge in [0, 0.05) is 12.5 Å². The molecule has 0 aliphatic heterocycles. The predicted molar refractivity (Wildman–Crippen MR) is 85.6 cm³/mol. The van der Waals surface area contributed by atoms with Gasteiger partial charge in [0.05, 0.1) is 18.3 Å². The Morgan fingerprint density at radius 2 is 1.95 bits per heavy atom. The molecule has 1 heterocycles. The summed E-state index contributed by atoms with van der Waals surface area (Å²) < 4.78 is 1.58. The number of carbonyl (C=O) groups is 1. The fourth-order valence-corrected chi connectivity index (χ4v) is 2.20. The van der Waals surface area contributed by atoms with Gasteiger partial charge in [0.25, 0.3) is 5.91 Å². The molecule has 0 saturated heterocycles. The Kier molecular flexibility index (Phi) is 4.66. The number of aliphatic hydroxyl groups is 1. The van der Waals surface area contributed by atoms with Gasteiger partial charge < -0.3 is 10.4 Å². The van der Waals surface area contributed by atoms with Crippen molar-refractivity contribution in [3.05, 3.63) is 53.3 Å². The molecule has 1 aromatic heterocycles. The van der Waals surface area contributed by atoms with Crippen LogP contribution >= 0.6 is 0 Å². The number of hydrogen-bond acceptors (Lipinski definition) is 3. The highest BCUT2D eigenvalue weighted by molar-refractivity contribution is 5.93. The predicted octanol–water partition coefficient (Wildman–Crippen LogP) is 2.18. The Balaban J connectivity index is 2.20. The van der Waals surface area contributed by atoms with Crippen LogP contribution < -0.4 is 5.32 Å². The van der Waals surface area contributed by atoms with Gasteiger partial charge in [-0.1, -0.05) is 51.1 Å². The number of aliphatic hydroxyl groups excluding tert-OH is 1. The number of rotatable bonds is 4. The van der Waals surface area contributed by atoms with Crippen LogP contribution in [0.5, 0.6) is 0 Å². The minimum absolute atomic E-state index is 0.119. The Hall–Kier alpha value is -2.14. The summed E-state index contributed by atoms with van der Waals surface area (Å²) in [5, 5.41) is 16.8. The summed E-state index contributed by atoms with van der Waals surface area (Å²) in [5.41, 5.74) is 2.10. The van der Waals surface area contributed by atoms with Crippen LogP contribution in [0, 0.1) is 0 Å². The van der Waals surface area contributed by atoms with Gasteiger partial charge in [-0.3, -0.25) is 9.48 Å². The first-order valence-corrected chi connectivity index (χ1v) is 7.34. The highest BCUT2D eigenvalue weighted by Crippen LogP contribution is 2.21. The van der Waals surface area contributed by atoms with E-state index in [1.54, 1.807) is 17.8 Å². The van der Waals surface area contributed by atoms with Crippen molar-refractivity contribution in [2.75, 3.05) is 6.61 Å². The standard InChI is InChI=1S/C17H23N3O2/c1-17(2,3)15-10-14(20(4)19-15)16(22)18-13(11-21)12-8-6-5-7-9-12/h5-10,13,21H,11H2,1-4H3,(H,18,22)/t13-/m1/s1. The monoisotopic (exact) mass is 301 g/mol. The number of aromatic nitrogens is 2. The highest BCUT2D eigenvalue weighted by Gasteiger charge is 2.23. The van der Waals surface area contributed by atoms with Gasteiger partial charge in [0.2, 0.25) is 0 Å². The SMILES string of the molecule is Cn1nc(C(C)(C)C)cc1C(=O)N[C@H](CO)c1ccccc1. The van der Waals surface area contributed by atoms with E-state index in [1.165, 1.54) is 0 Å². The summed E-state index contributed by atoms with van der Waals surface area (Å²) in [6.45, 7) is 6.01. The van der Waals surface area contributed by atoms with E-state index in [1.807, 2.05) is 30.3 Å². The molecule has 0 saturated carbocycles. The van der Waals surface area contributed by atoms with Gasteiger partial charge in [0.15, 0.2) is 0 Å². The summed E-state index contributed by atoms with van der Waals surface area (Å²) in [6.07, 6.45) is 0. The molecule has 22 heavy (non-hydrogen) atoms. The minimum atomic E-state index is -0.429. The lowest BCUT2D eigenvalue weighted by atomic mass is 9.92. The topological polar surface area (TPSA) is 67.2 Å². The van der Waals surface area contributed by atoms with Crippen LogP contribution in [0.3, 0.4) is 0 Å². The molecule has 0 unspecified atom stereocenters. The molecule has 0 bridgehead atoms. The lowest BCUT2D eigenvalue weighted by Gasteiger charge is -2.16. The van der Waals surface area contributed by atoms with E-state index in [0.29, 0.717) is 5.69 Å². The molecule has 0 radical (unpaired) electrons. The smallest absolute Gasteiger partial charge is 0.270 e. The summed E-state index contributed by atoms with van der Waals surface area (Å²) in [4.78, 5) is 12.5. The number of hydrogen-bond donors (Lipinski definition) is 2. The maximum absolute atomic E-state index is 12.5. The Labute approximate surface area is 131 Å². The largest absolute Gasteiger partial charge is 0.394 e.